The standard InChI is InChI=1S/C11H11FN2O/c1-7(12)8-4-2-3-5-9(8)10-6-11(13)15-14-10/h2-7H,13H2,1H3. The number of halogens is 1. The molecule has 1 aromatic carbocycles. The Balaban J connectivity index is 2.52. The number of anilines is 1. The molecule has 2 rings (SSSR count). The summed E-state index contributed by atoms with van der Waals surface area (Å²) in [7, 11) is 0. The van der Waals surface area contributed by atoms with Gasteiger partial charge in [-0.2, -0.15) is 0 Å². The van der Waals surface area contributed by atoms with E-state index in [2.05, 4.69) is 5.16 Å². The quantitative estimate of drug-likeness (QED) is 0.821. The van der Waals surface area contributed by atoms with Crippen LogP contribution in [0.5, 0.6) is 0 Å². The van der Waals surface area contributed by atoms with Gasteiger partial charge in [0.1, 0.15) is 11.9 Å². The first-order chi connectivity index (χ1) is 7.18. The lowest BCUT2D eigenvalue weighted by Crippen LogP contribution is -1.90. The Morgan fingerprint density at radius 3 is 2.73 bits per heavy atom. The highest BCUT2D eigenvalue weighted by atomic mass is 19.1. The molecule has 0 fully saturated rings. The Kier molecular flexibility index (Phi) is 2.41. The van der Waals surface area contributed by atoms with Crippen molar-refractivity contribution in [2.75, 3.05) is 5.73 Å². The summed E-state index contributed by atoms with van der Waals surface area (Å²) in [5.41, 5.74) is 7.29. The van der Waals surface area contributed by atoms with Gasteiger partial charge in [0, 0.05) is 11.6 Å². The second-order valence-corrected chi connectivity index (χ2v) is 3.32. The lowest BCUT2D eigenvalue weighted by Gasteiger charge is -2.06. The van der Waals surface area contributed by atoms with Crippen LogP contribution in [0.25, 0.3) is 11.3 Å². The fourth-order valence-corrected chi connectivity index (χ4v) is 1.49. The number of rotatable bonds is 2. The van der Waals surface area contributed by atoms with Gasteiger partial charge in [-0.05, 0) is 12.5 Å². The van der Waals surface area contributed by atoms with Crippen LogP contribution in [0.1, 0.15) is 18.7 Å². The van der Waals surface area contributed by atoms with Crippen molar-refractivity contribution in [2.24, 2.45) is 0 Å². The average Bonchev–Trinajstić information content (AvgIpc) is 2.65. The molecule has 0 saturated heterocycles. The molecule has 0 radical (unpaired) electrons. The first-order valence-electron chi connectivity index (χ1n) is 4.64. The lowest BCUT2D eigenvalue weighted by molar-refractivity contribution is 0.374. The van der Waals surface area contributed by atoms with E-state index < -0.39 is 6.17 Å². The van der Waals surface area contributed by atoms with Gasteiger partial charge in [0.05, 0.1) is 0 Å². The van der Waals surface area contributed by atoms with E-state index in [4.69, 9.17) is 10.3 Å². The van der Waals surface area contributed by atoms with Gasteiger partial charge in [-0.15, -0.1) is 0 Å². The van der Waals surface area contributed by atoms with E-state index in [1.807, 2.05) is 6.07 Å². The Hall–Kier alpha value is -1.84. The molecule has 15 heavy (non-hydrogen) atoms. The molecule has 0 aliphatic heterocycles. The van der Waals surface area contributed by atoms with Crippen molar-refractivity contribution in [3.63, 3.8) is 0 Å². The van der Waals surface area contributed by atoms with Gasteiger partial charge in [-0.1, -0.05) is 29.4 Å². The highest BCUT2D eigenvalue weighted by molar-refractivity contribution is 5.65. The number of hydrogen-bond donors (Lipinski definition) is 1. The summed E-state index contributed by atoms with van der Waals surface area (Å²) in [6, 6.07) is 8.72. The topological polar surface area (TPSA) is 52.0 Å². The van der Waals surface area contributed by atoms with Gasteiger partial charge in [-0.3, -0.25) is 0 Å². The van der Waals surface area contributed by atoms with E-state index in [1.165, 1.54) is 6.92 Å². The lowest BCUT2D eigenvalue weighted by atomic mass is 10.0. The smallest absolute Gasteiger partial charge is 0.222 e. The zero-order valence-electron chi connectivity index (χ0n) is 8.27. The number of aromatic nitrogens is 1. The molecule has 3 nitrogen and oxygen atoms in total. The van der Waals surface area contributed by atoms with E-state index in [-0.39, 0.29) is 5.88 Å². The third kappa shape index (κ3) is 1.83. The molecule has 0 saturated carbocycles. The zero-order chi connectivity index (χ0) is 10.8. The molecular weight excluding hydrogens is 195 g/mol. The van der Waals surface area contributed by atoms with Crippen LogP contribution >= 0.6 is 0 Å². The molecule has 1 unspecified atom stereocenters. The first kappa shape index (κ1) is 9.71. The van der Waals surface area contributed by atoms with Crippen molar-refractivity contribution < 1.29 is 8.91 Å². The molecule has 0 bridgehead atoms. The number of nitrogens with zero attached hydrogens (tertiary/aromatic N) is 1. The van der Waals surface area contributed by atoms with E-state index in [0.29, 0.717) is 16.8 Å². The van der Waals surface area contributed by atoms with E-state index in [1.54, 1.807) is 24.3 Å². The summed E-state index contributed by atoms with van der Waals surface area (Å²) >= 11 is 0. The summed E-state index contributed by atoms with van der Waals surface area (Å²) in [5, 5.41) is 3.76. The average molecular weight is 206 g/mol. The maximum atomic E-state index is 13.3. The van der Waals surface area contributed by atoms with E-state index in [9.17, 15) is 4.39 Å². The van der Waals surface area contributed by atoms with Gasteiger partial charge >= 0.3 is 0 Å². The predicted molar refractivity (Wildman–Crippen MR) is 55.9 cm³/mol. The highest BCUT2D eigenvalue weighted by Crippen LogP contribution is 2.29. The maximum absolute atomic E-state index is 13.3. The molecule has 0 spiro atoms. The van der Waals surface area contributed by atoms with Crippen molar-refractivity contribution >= 4 is 5.88 Å². The van der Waals surface area contributed by atoms with Crippen molar-refractivity contribution in [3.05, 3.63) is 35.9 Å². The van der Waals surface area contributed by atoms with Crippen LogP contribution in [0.4, 0.5) is 10.3 Å². The van der Waals surface area contributed by atoms with Crippen molar-refractivity contribution in [1.29, 1.82) is 0 Å². The minimum absolute atomic E-state index is 0.228. The molecular formula is C11H11FN2O. The Bertz CT molecular complexity index is 465. The minimum Gasteiger partial charge on any atom is -0.368 e. The van der Waals surface area contributed by atoms with Gasteiger partial charge < -0.3 is 10.3 Å². The van der Waals surface area contributed by atoms with Crippen LogP contribution in [0.15, 0.2) is 34.9 Å². The molecule has 1 aromatic heterocycles. The van der Waals surface area contributed by atoms with Crippen LogP contribution in [0, 0.1) is 0 Å². The van der Waals surface area contributed by atoms with Gasteiger partial charge in [0.2, 0.25) is 5.88 Å². The van der Waals surface area contributed by atoms with Crippen LogP contribution in [-0.2, 0) is 0 Å². The monoisotopic (exact) mass is 206 g/mol. The van der Waals surface area contributed by atoms with Crippen LogP contribution in [0.3, 0.4) is 0 Å². The Morgan fingerprint density at radius 2 is 2.13 bits per heavy atom. The molecule has 0 aliphatic carbocycles. The number of hydrogen-bond acceptors (Lipinski definition) is 3. The van der Waals surface area contributed by atoms with Gasteiger partial charge in [0.25, 0.3) is 0 Å². The summed E-state index contributed by atoms with van der Waals surface area (Å²) in [4.78, 5) is 0. The van der Waals surface area contributed by atoms with Gasteiger partial charge in [0.15, 0.2) is 0 Å². The first-order valence-corrected chi connectivity index (χ1v) is 4.64. The zero-order valence-corrected chi connectivity index (χ0v) is 8.27. The molecule has 2 N–H and O–H groups in total. The third-order valence-corrected chi connectivity index (χ3v) is 2.19. The molecule has 78 valence electrons. The highest BCUT2D eigenvalue weighted by Gasteiger charge is 2.13. The largest absolute Gasteiger partial charge is 0.368 e. The third-order valence-electron chi connectivity index (χ3n) is 2.19. The summed E-state index contributed by atoms with van der Waals surface area (Å²) in [6.45, 7) is 1.49. The number of nitrogen functional groups attached to an aromatic ring is 1. The van der Waals surface area contributed by atoms with Crippen LogP contribution in [-0.4, -0.2) is 5.16 Å². The Labute approximate surface area is 86.7 Å². The fraction of sp³-hybridized carbons (Fsp3) is 0.182. The van der Waals surface area contributed by atoms with E-state index in [0.717, 1.165) is 0 Å². The fourth-order valence-electron chi connectivity index (χ4n) is 1.49. The van der Waals surface area contributed by atoms with Crippen molar-refractivity contribution in [2.45, 2.75) is 13.1 Å². The normalized spacial score (nSPS) is 12.7. The second-order valence-electron chi connectivity index (χ2n) is 3.32. The number of nitrogens with two attached hydrogens (primary N) is 1. The molecule has 1 heterocycles. The predicted octanol–water partition coefficient (Wildman–Crippen LogP) is 2.95. The van der Waals surface area contributed by atoms with Gasteiger partial charge in [-0.25, -0.2) is 4.39 Å². The SMILES string of the molecule is CC(F)c1ccccc1-c1cc(N)on1. The van der Waals surface area contributed by atoms with E-state index >= 15 is 0 Å². The van der Waals surface area contributed by atoms with Crippen molar-refractivity contribution in [3.8, 4) is 11.3 Å². The van der Waals surface area contributed by atoms with Crippen molar-refractivity contribution in [1.82, 2.24) is 5.16 Å². The maximum Gasteiger partial charge on any atom is 0.222 e. The molecule has 4 heteroatoms. The molecule has 2 aromatic rings. The summed E-state index contributed by atoms with van der Waals surface area (Å²) in [6.07, 6.45) is -1.04. The van der Waals surface area contributed by atoms with Crippen LogP contribution < -0.4 is 5.73 Å². The second kappa shape index (κ2) is 3.73. The summed E-state index contributed by atoms with van der Waals surface area (Å²) in [5.74, 6) is 0.228. The summed E-state index contributed by atoms with van der Waals surface area (Å²) < 4.78 is 18.1. The van der Waals surface area contributed by atoms with Crippen LogP contribution in [0.2, 0.25) is 0 Å². The number of benzene rings is 1. The molecule has 0 amide bonds. The minimum atomic E-state index is -1.04. The number of alkyl halides is 1. The molecule has 0 aliphatic rings. The molecule has 1 atom stereocenters. The Morgan fingerprint density at radius 1 is 1.40 bits per heavy atom.